The third-order valence-electron chi connectivity index (χ3n) is 2.33. The van der Waals surface area contributed by atoms with E-state index < -0.39 is 0 Å². The Balaban J connectivity index is 2.45. The summed E-state index contributed by atoms with van der Waals surface area (Å²) in [6, 6.07) is 8.33. The van der Waals surface area contributed by atoms with Crippen LogP contribution in [-0.2, 0) is 6.54 Å². The smallest absolute Gasteiger partial charge is 0.119 e. The van der Waals surface area contributed by atoms with Crippen LogP contribution in [0, 0.1) is 5.92 Å². The van der Waals surface area contributed by atoms with Crippen LogP contribution < -0.4 is 10.1 Å². The second kappa shape index (κ2) is 6.06. The molecule has 0 heterocycles. The van der Waals surface area contributed by atoms with Crippen molar-refractivity contribution in [3.05, 3.63) is 29.8 Å². The van der Waals surface area contributed by atoms with E-state index in [4.69, 9.17) is 4.74 Å². The summed E-state index contributed by atoms with van der Waals surface area (Å²) < 4.78 is 5.65. The van der Waals surface area contributed by atoms with Crippen LogP contribution in [0.5, 0.6) is 5.75 Å². The summed E-state index contributed by atoms with van der Waals surface area (Å²) >= 11 is 0. The first-order valence-corrected chi connectivity index (χ1v) is 6.33. The van der Waals surface area contributed by atoms with Gasteiger partial charge in [0.25, 0.3) is 0 Å². The zero-order valence-electron chi connectivity index (χ0n) is 11.7. The Hall–Kier alpha value is -1.02. The molecule has 1 rings (SSSR count). The quantitative estimate of drug-likeness (QED) is 0.842. The highest BCUT2D eigenvalue weighted by Crippen LogP contribution is 2.13. The van der Waals surface area contributed by atoms with Gasteiger partial charge in [0.15, 0.2) is 0 Å². The number of nitrogens with one attached hydrogen (secondary N) is 1. The van der Waals surface area contributed by atoms with Gasteiger partial charge in [-0.3, -0.25) is 0 Å². The van der Waals surface area contributed by atoms with Crippen LogP contribution in [0.15, 0.2) is 24.3 Å². The fraction of sp³-hybridized carbons (Fsp3) is 0.600. The molecule has 0 amide bonds. The van der Waals surface area contributed by atoms with Gasteiger partial charge in [0.2, 0.25) is 0 Å². The third-order valence-corrected chi connectivity index (χ3v) is 2.33. The topological polar surface area (TPSA) is 21.3 Å². The van der Waals surface area contributed by atoms with Gasteiger partial charge in [0.05, 0.1) is 6.61 Å². The minimum absolute atomic E-state index is 0.160. The first kappa shape index (κ1) is 14.0. The molecule has 1 aromatic rings. The van der Waals surface area contributed by atoms with Crippen molar-refractivity contribution >= 4 is 0 Å². The molecular weight excluding hydrogens is 210 g/mol. The molecule has 0 aromatic heterocycles. The van der Waals surface area contributed by atoms with E-state index in [1.807, 2.05) is 12.1 Å². The first-order valence-electron chi connectivity index (χ1n) is 6.33. The lowest BCUT2D eigenvalue weighted by Crippen LogP contribution is -2.35. The van der Waals surface area contributed by atoms with Crippen LogP contribution in [-0.4, -0.2) is 12.1 Å². The Labute approximate surface area is 105 Å². The Morgan fingerprint density at radius 2 is 1.71 bits per heavy atom. The second-order valence-electron chi connectivity index (χ2n) is 5.95. The zero-order valence-corrected chi connectivity index (χ0v) is 11.7. The minimum Gasteiger partial charge on any atom is -0.493 e. The Morgan fingerprint density at radius 1 is 1.12 bits per heavy atom. The van der Waals surface area contributed by atoms with E-state index in [1.54, 1.807) is 0 Å². The van der Waals surface area contributed by atoms with Gasteiger partial charge < -0.3 is 10.1 Å². The predicted octanol–water partition coefficient (Wildman–Crippen LogP) is 3.61. The first-order chi connectivity index (χ1) is 7.87. The van der Waals surface area contributed by atoms with Crippen LogP contribution in [0.2, 0.25) is 0 Å². The van der Waals surface area contributed by atoms with E-state index in [2.05, 4.69) is 52.1 Å². The van der Waals surface area contributed by atoms with E-state index in [0.717, 1.165) is 18.9 Å². The monoisotopic (exact) mass is 235 g/mol. The fourth-order valence-electron chi connectivity index (χ4n) is 1.33. The number of ether oxygens (including phenoxy) is 1. The molecule has 96 valence electrons. The predicted molar refractivity (Wildman–Crippen MR) is 73.4 cm³/mol. The highest BCUT2D eigenvalue weighted by atomic mass is 16.5. The van der Waals surface area contributed by atoms with Gasteiger partial charge in [-0.15, -0.1) is 0 Å². The lowest BCUT2D eigenvalue weighted by molar-refractivity contribution is 0.271. The summed E-state index contributed by atoms with van der Waals surface area (Å²) in [5.41, 5.74) is 1.45. The molecule has 0 fully saturated rings. The molecule has 0 saturated carbocycles. The van der Waals surface area contributed by atoms with Crippen LogP contribution >= 0.6 is 0 Å². The zero-order chi connectivity index (χ0) is 12.9. The van der Waals surface area contributed by atoms with Crippen LogP contribution in [0.1, 0.15) is 40.2 Å². The van der Waals surface area contributed by atoms with Crippen molar-refractivity contribution in [3.63, 3.8) is 0 Å². The van der Waals surface area contributed by atoms with Gasteiger partial charge in [-0.1, -0.05) is 26.0 Å². The van der Waals surface area contributed by atoms with Crippen molar-refractivity contribution in [3.8, 4) is 5.75 Å². The van der Waals surface area contributed by atoms with Gasteiger partial charge in [0.1, 0.15) is 5.75 Å². The Morgan fingerprint density at radius 3 is 2.18 bits per heavy atom. The molecule has 2 heteroatoms. The molecule has 1 N–H and O–H groups in total. The van der Waals surface area contributed by atoms with Gasteiger partial charge in [0, 0.05) is 12.1 Å². The average Bonchev–Trinajstić information content (AvgIpc) is 2.24. The molecule has 0 bridgehead atoms. The molecule has 0 atom stereocenters. The highest BCUT2D eigenvalue weighted by Gasteiger charge is 2.08. The molecule has 2 nitrogen and oxygen atoms in total. The van der Waals surface area contributed by atoms with E-state index in [1.165, 1.54) is 5.56 Å². The molecule has 0 aliphatic heterocycles. The molecule has 0 aliphatic rings. The number of hydrogen-bond acceptors (Lipinski definition) is 2. The molecule has 1 aromatic carbocycles. The maximum absolute atomic E-state index is 5.65. The maximum atomic E-state index is 5.65. The second-order valence-corrected chi connectivity index (χ2v) is 5.95. The summed E-state index contributed by atoms with van der Waals surface area (Å²) in [6.45, 7) is 12.5. The number of hydrogen-bond donors (Lipinski definition) is 1. The maximum Gasteiger partial charge on any atom is 0.119 e. The van der Waals surface area contributed by atoms with Crippen LogP contribution in [0.25, 0.3) is 0 Å². The lowest BCUT2D eigenvalue weighted by Gasteiger charge is -2.20. The van der Waals surface area contributed by atoms with E-state index >= 15 is 0 Å². The van der Waals surface area contributed by atoms with Gasteiger partial charge in [-0.2, -0.15) is 0 Å². The van der Waals surface area contributed by atoms with Crippen molar-refractivity contribution in [1.82, 2.24) is 5.32 Å². The molecular formula is C15H25NO. The molecule has 0 saturated heterocycles. The molecule has 0 radical (unpaired) electrons. The molecule has 17 heavy (non-hydrogen) atoms. The van der Waals surface area contributed by atoms with Crippen LogP contribution in [0.4, 0.5) is 0 Å². The average molecular weight is 235 g/mol. The summed E-state index contributed by atoms with van der Waals surface area (Å²) in [5.74, 6) is 1.52. The summed E-state index contributed by atoms with van der Waals surface area (Å²) in [5, 5.41) is 3.47. The molecule has 0 aliphatic carbocycles. The highest BCUT2D eigenvalue weighted by molar-refractivity contribution is 5.27. The van der Waals surface area contributed by atoms with E-state index in [-0.39, 0.29) is 5.54 Å². The van der Waals surface area contributed by atoms with Crippen LogP contribution in [0.3, 0.4) is 0 Å². The number of benzene rings is 1. The van der Waals surface area contributed by atoms with E-state index in [0.29, 0.717) is 5.92 Å². The Bertz CT molecular complexity index is 322. The van der Waals surface area contributed by atoms with Crippen molar-refractivity contribution in [1.29, 1.82) is 0 Å². The van der Waals surface area contributed by atoms with Crippen molar-refractivity contribution in [2.45, 2.75) is 46.7 Å². The van der Waals surface area contributed by atoms with Crippen molar-refractivity contribution < 1.29 is 4.74 Å². The van der Waals surface area contributed by atoms with Gasteiger partial charge >= 0.3 is 0 Å². The van der Waals surface area contributed by atoms with Crippen molar-refractivity contribution in [2.24, 2.45) is 5.92 Å². The van der Waals surface area contributed by atoms with Gasteiger partial charge in [-0.25, -0.2) is 0 Å². The van der Waals surface area contributed by atoms with Gasteiger partial charge in [-0.05, 0) is 44.4 Å². The minimum atomic E-state index is 0.160. The standard InChI is InChI=1S/C15H25NO/c1-12(2)11-17-14-8-6-13(7-9-14)10-16-15(3,4)5/h6-9,12,16H,10-11H2,1-5H3. The summed E-state index contributed by atoms with van der Waals surface area (Å²) in [6.07, 6.45) is 0. The molecule has 0 spiro atoms. The van der Waals surface area contributed by atoms with E-state index in [9.17, 15) is 0 Å². The third kappa shape index (κ3) is 6.32. The number of rotatable bonds is 5. The summed E-state index contributed by atoms with van der Waals surface area (Å²) in [7, 11) is 0. The SMILES string of the molecule is CC(C)COc1ccc(CNC(C)(C)C)cc1. The fourth-order valence-corrected chi connectivity index (χ4v) is 1.33. The van der Waals surface area contributed by atoms with Crippen molar-refractivity contribution in [2.75, 3.05) is 6.61 Å². The molecule has 0 unspecified atom stereocenters. The summed E-state index contributed by atoms with van der Waals surface area (Å²) in [4.78, 5) is 0. The largest absolute Gasteiger partial charge is 0.493 e. The Kier molecular flexibility index (Phi) is 5.01. The normalized spacial score (nSPS) is 11.9. The lowest BCUT2D eigenvalue weighted by atomic mass is 10.1.